The molecular weight excluding hydrogens is 184 g/mol. The summed E-state index contributed by atoms with van der Waals surface area (Å²) in [6.07, 6.45) is 1.99. The van der Waals surface area contributed by atoms with Crippen LogP contribution in [0, 0.1) is 0 Å². The number of aliphatic hydroxyl groups is 1. The minimum Gasteiger partial charge on any atom is -0.396 e. The molecule has 0 aromatic carbocycles. The predicted molar refractivity (Wildman–Crippen MR) is 50.6 cm³/mol. The number of imide groups is 1. The van der Waals surface area contributed by atoms with Crippen LogP contribution in [0.2, 0.25) is 0 Å². The molecule has 3 amide bonds. The molecule has 1 aliphatic heterocycles. The highest BCUT2D eigenvalue weighted by Crippen LogP contribution is 2.10. The van der Waals surface area contributed by atoms with Crippen molar-refractivity contribution in [1.29, 1.82) is 0 Å². The Morgan fingerprint density at radius 3 is 2.79 bits per heavy atom. The molecule has 1 rings (SSSR count). The second kappa shape index (κ2) is 4.95. The van der Waals surface area contributed by atoms with E-state index >= 15 is 0 Å². The van der Waals surface area contributed by atoms with Crippen molar-refractivity contribution < 1.29 is 14.7 Å². The Hall–Kier alpha value is -1.10. The zero-order chi connectivity index (χ0) is 10.6. The fourth-order valence-electron chi connectivity index (χ4n) is 1.50. The summed E-state index contributed by atoms with van der Waals surface area (Å²) in [5.41, 5.74) is 0. The summed E-state index contributed by atoms with van der Waals surface area (Å²) in [5, 5.41) is 11.2. The van der Waals surface area contributed by atoms with Gasteiger partial charge in [-0.05, 0) is 12.8 Å². The van der Waals surface area contributed by atoms with Gasteiger partial charge in [0, 0.05) is 13.2 Å². The van der Waals surface area contributed by atoms with Gasteiger partial charge in [0.05, 0.1) is 0 Å². The summed E-state index contributed by atoms with van der Waals surface area (Å²) in [6.45, 7) is 2.27. The molecule has 0 bridgehead atoms. The molecule has 0 saturated carbocycles. The number of rotatable bonds is 5. The van der Waals surface area contributed by atoms with Crippen LogP contribution >= 0.6 is 0 Å². The highest BCUT2D eigenvalue weighted by atomic mass is 16.3. The van der Waals surface area contributed by atoms with Crippen molar-refractivity contribution in [3.8, 4) is 0 Å². The van der Waals surface area contributed by atoms with Crippen molar-refractivity contribution in [3.63, 3.8) is 0 Å². The maximum absolute atomic E-state index is 11.6. The largest absolute Gasteiger partial charge is 0.396 e. The summed E-state index contributed by atoms with van der Waals surface area (Å²) in [5.74, 6) is -0.162. The van der Waals surface area contributed by atoms with Gasteiger partial charge < -0.3 is 10.4 Å². The molecular formula is C9H16N2O3. The van der Waals surface area contributed by atoms with E-state index in [1.54, 1.807) is 0 Å². The number of aliphatic hydroxyl groups excluding tert-OH is 1. The van der Waals surface area contributed by atoms with Crippen LogP contribution in [-0.2, 0) is 4.79 Å². The Balaban J connectivity index is 2.52. The highest BCUT2D eigenvalue weighted by molar-refractivity contribution is 6.04. The molecule has 1 fully saturated rings. The van der Waals surface area contributed by atoms with E-state index in [1.165, 1.54) is 4.90 Å². The van der Waals surface area contributed by atoms with E-state index in [9.17, 15) is 9.59 Å². The summed E-state index contributed by atoms with van der Waals surface area (Å²) >= 11 is 0. The van der Waals surface area contributed by atoms with Crippen LogP contribution < -0.4 is 5.32 Å². The lowest BCUT2D eigenvalue weighted by molar-refractivity contribution is -0.127. The lowest BCUT2D eigenvalue weighted by Gasteiger charge is -2.11. The molecule has 0 radical (unpaired) electrons. The van der Waals surface area contributed by atoms with Crippen LogP contribution in [0.3, 0.4) is 0 Å². The number of nitrogens with zero attached hydrogens (tertiary/aromatic N) is 1. The van der Waals surface area contributed by atoms with Crippen molar-refractivity contribution in [2.75, 3.05) is 13.2 Å². The standard InChI is InChI=1S/C9H16N2O3/c1-2-4-7-8(13)11(5-3-6-12)9(14)10-7/h7,12H,2-6H2,1H3,(H,10,14). The molecule has 0 aromatic heterocycles. The number of hydrogen-bond donors (Lipinski definition) is 2. The molecule has 80 valence electrons. The number of carbonyl (C=O) groups is 2. The first-order valence-electron chi connectivity index (χ1n) is 4.93. The van der Waals surface area contributed by atoms with Crippen molar-refractivity contribution in [1.82, 2.24) is 10.2 Å². The van der Waals surface area contributed by atoms with Crippen molar-refractivity contribution in [2.45, 2.75) is 32.2 Å². The van der Waals surface area contributed by atoms with Gasteiger partial charge in [0.1, 0.15) is 6.04 Å². The highest BCUT2D eigenvalue weighted by Gasteiger charge is 2.36. The van der Waals surface area contributed by atoms with Gasteiger partial charge in [-0.1, -0.05) is 13.3 Å². The molecule has 5 nitrogen and oxygen atoms in total. The molecule has 1 unspecified atom stereocenters. The minimum absolute atomic E-state index is 0.00446. The van der Waals surface area contributed by atoms with Crippen LogP contribution in [0.25, 0.3) is 0 Å². The van der Waals surface area contributed by atoms with Gasteiger partial charge >= 0.3 is 6.03 Å². The van der Waals surface area contributed by atoms with E-state index in [-0.39, 0.29) is 24.6 Å². The lowest BCUT2D eigenvalue weighted by Crippen LogP contribution is -2.32. The quantitative estimate of drug-likeness (QED) is 0.618. The van der Waals surface area contributed by atoms with Crippen molar-refractivity contribution in [3.05, 3.63) is 0 Å². The normalized spacial score (nSPS) is 21.6. The second-order valence-corrected chi connectivity index (χ2v) is 3.36. The first-order valence-corrected chi connectivity index (χ1v) is 4.93. The molecule has 0 aromatic rings. The van der Waals surface area contributed by atoms with Crippen molar-refractivity contribution >= 4 is 11.9 Å². The summed E-state index contributed by atoms with van der Waals surface area (Å²) in [6, 6.07) is -0.687. The van der Waals surface area contributed by atoms with Gasteiger partial charge in [0.2, 0.25) is 0 Å². The minimum atomic E-state index is -0.355. The van der Waals surface area contributed by atoms with Gasteiger partial charge in [0.25, 0.3) is 5.91 Å². The van der Waals surface area contributed by atoms with E-state index in [4.69, 9.17) is 5.11 Å². The molecule has 0 aliphatic carbocycles. The monoisotopic (exact) mass is 200 g/mol. The first kappa shape index (κ1) is 11.0. The average Bonchev–Trinajstić information content (AvgIpc) is 2.41. The topological polar surface area (TPSA) is 69.6 Å². The Bertz CT molecular complexity index is 230. The van der Waals surface area contributed by atoms with Gasteiger partial charge in [-0.15, -0.1) is 0 Å². The van der Waals surface area contributed by atoms with Crippen LogP contribution in [0.5, 0.6) is 0 Å². The number of amides is 3. The van der Waals surface area contributed by atoms with E-state index in [0.717, 1.165) is 6.42 Å². The molecule has 1 saturated heterocycles. The Morgan fingerprint density at radius 2 is 2.21 bits per heavy atom. The van der Waals surface area contributed by atoms with Gasteiger partial charge in [-0.25, -0.2) is 4.79 Å². The third-order valence-corrected chi connectivity index (χ3v) is 2.22. The number of urea groups is 1. The summed E-state index contributed by atoms with van der Waals surface area (Å²) in [4.78, 5) is 24.0. The second-order valence-electron chi connectivity index (χ2n) is 3.36. The van der Waals surface area contributed by atoms with E-state index in [0.29, 0.717) is 19.4 Å². The first-order chi connectivity index (χ1) is 6.70. The van der Waals surface area contributed by atoms with Crippen LogP contribution in [0.15, 0.2) is 0 Å². The Morgan fingerprint density at radius 1 is 1.50 bits per heavy atom. The van der Waals surface area contributed by atoms with Crippen LogP contribution in [0.1, 0.15) is 26.2 Å². The lowest BCUT2D eigenvalue weighted by atomic mass is 10.2. The number of carbonyl (C=O) groups excluding carboxylic acids is 2. The maximum Gasteiger partial charge on any atom is 0.324 e. The molecule has 5 heteroatoms. The molecule has 1 heterocycles. The third-order valence-electron chi connectivity index (χ3n) is 2.22. The number of nitrogens with one attached hydrogen (secondary N) is 1. The molecule has 2 N–H and O–H groups in total. The zero-order valence-electron chi connectivity index (χ0n) is 8.32. The van der Waals surface area contributed by atoms with Crippen LogP contribution in [-0.4, -0.2) is 41.1 Å². The molecule has 1 atom stereocenters. The van der Waals surface area contributed by atoms with Gasteiger partial charge in [0.15, 0.2) is 0 Å². The predicted octanol–water partition coefficient (Wildman–Crippen LogP) is 0.0893. The van der Waals surface area contributed by atoms with Crippen molar-refractivity contribution in [2.24, 2.45) is 0 Å². The Kier molecular flexibility index (Phi) is 3.88. The van der Waals surface area contributed by atoms with Gasteiger partial charge in [-0.3, -0.25) is 9.69 Å². The molecule has 14 heavy (non-hydrogen) atoms. The smallest absolute Gasteiger partial charge is 0.324 e. The van der Waals surface area contributed by atoms with E-state index < -0.39 is 0 Å². The average molecular weight is 200 g/mol. The van der Waals surface area contributed by atoms with E-state index in [2.05, 4.69) is 5.32 Å². The molecule has 1 aliphatic rings. The fourth-order valence-corrected chi connectivity index (χ4v) is 1.50. The van der Waals surface area contributed by atoms with Crippen LogP contribution in [0.4, 0.5) is 4.79 Å². The fraction of sp³-hybridized carbons (Fsp3) is 0.778. The summed E-state index contributed by atoms with van der Waals surface area (Å²) in [7, 11) is 0. The third kappa shape index (κ3) is 2.23. The van der Waals surface area contributed by atoms with E-state index in [1.807, 2.05) is 6.92 Å². The zero-order valence-corrected chi connectivity index (χ0v) is 8.32. The Labute approximate surface area is 83.1 Å². The maximum atomic E-state index is 11.6. The van der Waals surface area contributed by atoms with Gasteiger partial charge in [-0.2, -0.15) is 0 Å². The number of hydrogen-bond acceptors (Lipinski definition) is 3. The summed E-state index contributed by atoms with van der Waals surface area (Å²) < 4.78 is 0. The SMILES string of the molecule is CCCC1NC(=O)N(CCCO)C1=O. The molecule has 0 spiro atoms.